The lowest BCUT2D eigenvalue weighted by Crippen LogP contribution is -1.78. The Balaban J connectivity index is 4.22. The van der Waals surface area contributed by atoms with Crippen molar-refractivity contribution in [3.8, 4) is 0 Å². The Hall–Kier alpha value is -0.780. The molecule has 0 aliphatic rings. The van der Waals surface area contributed by atoms with Crippen LogP contribution in [0.2, 0.25) is 0 Å². The standard InChI is InChI=1S/C12H20/c1-5-8-9-12(7-3)10-11(4)6-2/h8-10H,4-7H2,1-3H3/b9-8-,12-10-. The summed E-state index contributed by atoms with van der Waals surface area (Å²) < 4.78 is 0. The number of hydrogen-bond donors (Lipinski definition) is 0. The lowest BCUT2D eigenvalue weighted by atomic mass is 10.1. The van der Waals surface area contributed by atoms with E-state index >= 15 is 0 Å². The minimum Gasteiger partial charge on any atom is -0.0958 e. The molecule has 0 aromatic heterocycles. The second-order valence-electron chi connectivity index (χ2n) is 2.90. The van der Waals surface area contributed by atoms with Crippen molar-refractivity contribution < 1.29 is 0 Å². The zero-order chi connectivity index (χ0) is 9.40. The molecule has 0 aromatic carbocycles. The third-order valence-electron chi connectivity index (χ3n) is 1.82. The van der Waals surface area contributed by atoms with E-state index in [1.54, 1.807) is 0 Å². The first kappa shape index (κ1) is 11.2. The van der Waals surface area contributed by atoms with E-state index in [-0.39, 0.29) is 0 Å². The van der Waals surface area contributed by atoms with Crippen LogP contribution in [0.15, 0.2) is 36.0 Å². The minimum absolute atomic E-state index is 1.05. The van der Waals surface area contributed by atoms with E-state index in [2.05, 4.69) is 45.6 Å². The van der Waals surface area contributed by atoms with Crippen molar-refractivity contribution in [1.82, 2.24) is 0 Å². The molecular weight excluding hydrogens is 144 g/mol. The van der Waals surface area contributed by atoms with Gasteiger partial charge in [0.25, 0.3) is 0 Å². The van der Waals surface area contributed by atoms with Crippen molar-refractivity contribution in [1.29, 1.82) is 0 Å². The SMILES string of the molecule is C=C(/C=C(\C=C/CC)CC)CC. The summed E-state index contributed by atoms with van der Waals surface area (Å²) in [6.07, 6.45) is 9.82. The smallest absolute Gasteiger partial charge is 0.0307 e. The largest absolute Gasteiger partial charge is 0.0958 e. The van der Waals surface area contributed by atoms with E-state index in [0.29, 0.717) is 0 Å². The van der Waals surface area contributed by atoms with Gasteiger partial charge in [-0.15, -0.1) is 0 Å². The van der Waals surface area contributed by atoms with Gasteiger partial charge in [0.05, 0.1) is 0 Å². The highest BCUT2D eigenvalue weighted by Crippen LogP contribution is 2.09. The van der Waals surface area contributed by atoms with Gasteiger partial charge in [0.2, 0.25) is 0 Å². The van der Waals surface area contributed by atoms with Gasteiger partial charge in [-0.25, -0.2) is 0 Å². The minimum atomic E-state index is 1.05. The summed E-state index contributed by atoms with van der Waals surface area (Å²) in [6.45, 7) is 10.4. The fraction of sp³-hybridized carbons (Fsp3) is 0.500. The third-order valence-corrected chi connectivity index (χ3v) is 1.82. The van der Waals surface area contributed by atoms with E-state index in [9.17, 15) is 0 Å². The molecule has 0 aliphatic heterocycles. The van der Waals surface area contributed by atoms with Gasteiger partial charge >= 0.3 is 0 Å². The molecule has 0 N–H and O–H groups in total. The zero-order valence-corrected chi connectivity index (χ0v) is 8.56. The predicted octanol–water partition coefficient (Wildman–Crippen LogP) is 4.26. The van der Waals surface area contributed by atoms with E-state index in [4.69, 9.17) is 0 Å². The summed E-state index contributed by atoms with van der Waals surface area (Å²) in [6, 6.07) is 0. The van der Waals surface area contributed by atoms with E-state index in [0.717, 1.165) is 19.3 Å². The molecule has 0 unspecified atom stereocenters. The third kappa shape index (κ3) is 4.95. The molecule has 0 fully saturated rings. The van der Waals surface area contributed by atoms with Crippen LogP contribution in [0.1, 0.15) is 40.0 Å². The first-order chi connectivity index (χ1) is 5.74. The molecule has 0 rings (SSSR count). The summed E-state index contributed by atoms with van der Waals surface area (Å²) in [5.74, 6) is 0. The number of allylic oxidation sites excluding steroid dienone is 5. The Labute approximate surface area is 76.7 Å². The van der Waals surface area contributed by atoms with Crippen molar-refractivity contribution in [2.45, 2.75) is 40.0 Å². The van der Waals surface area contributed by atoms with Crippen molar-refractivity contribution in [3.05, 3.63) is 36.0 Å². The second-order valence-corrected chi connectivity index (χ2v) is 2.90. The van der Waals surface area contributed by atoms with Crippen LogP contribution in [-0.4, -0.2) is 0 Å². The van der Waals surface area contributed by atoms with Gasteiger partial charge in [-0.05, 0) is 24.8 Å². The Morgan fingerprint density at radius 1 is 1.17 bits per heavy atom. The van der Waals surface area contributed by atoms with Gasteiger partial charge < -0.3 is 0 Å². The molecule has 0 bridgehead atoms. The summed E-state index contributed by atoms with van der Waals surface area (Å²) >= 11 is 0. The van der Waals surface area contributed by atoms with Crippen LogP contribution in [0.5, 0.6) is 0 Å². The van der Waals surface area contributed by atoms with Gasteiger partial charge in [0.15, 0.2) is 0 Å². The lowest BCUT2D eigenvalue weighted by Gasteiger charge is -1.98. The summed E-state index contributed by atoms with van der Waals surface area (Å²) in [4.78, 5) is 0. The highest BCUT2D eigenvalue weighted by molar-refractivity contribution is 5.27. The highest BCUT2D eigenvalue weighted by Gasteiger charge is 1.88. The second kappa shape index (κ2) is 6.90. The molecule has 0 aliphatic carbocycles. The van der Waals surface area contributed by atoms with Gasteiger partial charge in [-0.1, -0.05) is 51.2 Å². The molecule has 0 saturated carbocycles. The Bertz CT molecular complexity index is 182. The Kier molecular flexibility index (Phi) is 6.45. The van der Waals surface area contributed by atoms with Gasteiger partial charge in [-0.2, -0.15) is 0 Å². The molecule has 0 heteroatoms. The lowest BCUT2D eigenvalue weighted by molar-refractivity contribution is 1.10. The molecule has 68 valence electrons. The molecule has 0 nitrogen and oxygen atoms in total. The van der Waals surface area contributed by atoms with Crippen molar-refractivity contribution in [3.63, 3.8) is 0 Å². The topological polar surface area (TPSA) is 0 Å². The first-order valence-electron chi connectivity index (χ1n) is 4.79. The van der Waals surface area contributed by atoms with Gasteiger partial charge in [-0.3, -0.25) is 0 Å². The average Bonchev–Trinajstić information content (AvgIpc) is 2.11. The molecule has 0 saturated heterocycles. The summed E-state index contributed by atoms with van der Waals surface area (Å²) in [5.41, 5.74) is 2.59. The quantitative estimate of drug-likeness (QED) is 0.533. The van der Waals surface area contributed by atoms with Gasteiger partial charge in [0.1, 0.15) is 0 Å². The zero-order valence-electron chi connectivity index (χ0n) is 8.56. The van der Waals surface area contributed by atoms with Crippen LogP contribution >= 0.6 is 0 Å². The van der Waals surface area contributed by atoms with Crippen LogP contribution < -0.4 is 0 Å². The first-order valence-corrected chi connectivity index (χ1v) is 4.79. The molecule has 0 radical (unpaired) electrons. The maximum atomic E-state index is 3.96. The molecule has 0 aromatic rings. The van der Waals surface area contributed by atoms with E-state index < -0.39 is 0 Å². The summed E-state index contributed by atoms with van der Waals surface area (Å²) in [7, 11) is 0. The summed E-state index contributed by atoms with van der Waals surface area (Å²) in [5, 5.41) is 0. The molecular formula is C12H20. The molecule has 0 heterocycles. The Morgan fingerprint density at radius 3 is 2.25 bits per heavy atom. The predicted molar refractivity (Wildman–Crippen MR) is 57.2 cm³/mol. The van der Waals surface area contributed by atoms with Crippen molar-refractivity contribution in [2.75, 3.05) is 0 Å². The highest BCUT2D eigenvalue weighted by atomic mass is 13.9. The van der Waals surface area contributed by atoms with Crippen LogP contribution in [0, 0.1) is 0 Å². The van der Waals surface area contributed by atoms with E-state index in [1.807, 2.05) is 0 Å². The van der Waals surface area contributed by atoms with Crippen LogP contribution in [0.3, 0.4) is 0 Å². The molecule has 0 amide bonds. The normalized spacial score (nSPS) is 12.4. The van der Waals surface area contributed by atoms with Crippen molar-refractivity contribution in [2.24, 2.45) is 0 Å². The Morgan fingerprint density at radius 2 is 1.83 bits per heavy atom. The average molecular weight is 164 g/mol. The van der Waals surface area contributed by atoms with Gasteiger partial charge in [0, 0.05) is 0 Å². The molecule has 0 spiro atoms. The fourth-order valence-electron chi connectivity index (χ4n) is 0.902. The number of rotatable bonds is 5. The van der Waals surface area contributed by atoms with Crippen LogP contribution in [0.4, 0.5) is 0 Å². The maximum absolute atomic E-state index is 3.96. The van der Waals surface area contributed by atoms with E-state index in [1.165, 1.54) is 11.1 Å². The maximum Gasteiger partial charge on any atom is -0.0307 e. The monoisotopic (exact) mass is 164 g/mol. The molecule has 0 atom stereocenters. The molecule has 12 heavy (non-hydrogen) atoms. The van der Waals surface area contributed by atoms with Crippen LogP contribution in [-0.2, 0) is 0 Å². The number of hydrogen-bond acceptors (Lipinski definition) is 0. The van der Waals surface area contributed by atoms with Crippen LogP contribution in [0.25, 0.3) is 0 Å². The fourth-order valence-corrected chi connectivity index (χ4v) is 0.902. The van der Waals surface area contributed by atoms with Crippen molar-refractivity contribution >= 4 is 0 Å².